The fourth-order valence-corrected chi connectivity index (χ4v) is 6.38. The van der Waals surface area contributed by atoms with Gasteiger partial charge in [0.05, 0.1) is 23.9 Å². The first-order valence-corrected chi connectivity index (χ1v) is 15.5. The van der Waals surface area contributed by atoms with E-state index in [1.807, 2.05) is 41.5 Å². The molecule has 2 aromatic rings. The second-order valence-corrected chi connectivity index (χ2v) is 13.2. The number of aromatic nitrogens is 3. The number of likely N-dealkylation sites (tertiary alicyclic amines) is 1. The number of nitrogens with zero attached hydrogens (tertiary/aromatic N) is 5. The molecule has 0 saturated carbocycles. The largest absolute Gasteiger partial charge is 0.465 e. The first-order chi connectivity index (χ1) is 20.3. The summed E-state index contributed by atoms with van der Waals surface area (Å²) < 4.78 is 21.5. The van der Waals surface area contributed by atoms with Crippen molar-refractivity contribution in [3.8, 4) is 5.69 Å². The first kappa shape index (κ1) is 34.4. The summed E-state index contributed by atoms with van der Waals surface area (Å²) in [7, 11) is 1.63. The molecule has 2 unspecified atom stereocenters. The second kappa shape index (κ2) is 15.1. The van der Waals surface area contributed by atoms with E-state index in [-0.39, 0.29) is 35.7 Å². The van der Waals surface area contributed by atoms with Crippen molar-refractivity contribution in [3.63, 3.8) is 0 Å². The lowest BCUT2D eigenvalue weighted by molar-refractivity contribution is -0.0499. The van der Waals surface area contributed by atoms with Gasteiger partial charge >= 0.3 is 6.09 Å². The number of methoxy groups -OCH3 is 1. The minimum atomic E-state index is -1.07. The Kier molecular flexibility index (Phi) is 12.1. The summed E-state index contributed by atoms with van der Waals surface area (Å²) in [5.41, 5.74) is 0.330. The molecular weight excluding hydrogens is 553 g/mol. The van der Waals surface area contributed by atoms with E-state index in [4.69, 9.17) is 4.74 Å². The molecule has 1 aromatic carbocycles. The fraction of sp³-hybridized carbons (Fsp3) is 0.688. The molecule has 0 bridgehead atoms. The van der Waals surface area contributed by atoms with Crippen molar-refractivity contribution in [2.45, 2.75) is 98.3 Å². The lowest BCUT2D eigenvalue weighted by Crippen LogP contribution is -2.65. The monoisotopic (exact) mass is 603 g/mol. The minimum absolute atomic E-state index is 0.0653. The Morgan fingerprint density at radius 3 is 2.49 bits per heavy atom. The molecule has 0 radical (unpaired) electrons. The average molecular weight is 604 g/mol. The average Bonchev–Trinajstić information content (AvgIpc) is 3.36. The van der Waals surface area contributed by atoms with Crippen molar-refractivity contribution >= 4 is 12.0 Å². The normalized spacial score (nSPS) is 20.0. The van der Waals surface area contributed by atoms with Crippen LogP contribution in [0, 0.1) is 23.1 Å². The molecule has 1 aromatic heterocycles. The van der Waals surface area contributed by atoms with E-state index in [9.17, 15) is 24.2 Å². The number of amides is 2. The van der Waals surface area contributed by atoms with Crippen LogP contribution in [0.5, 0.6) is 0 Å². The Balaban J connectivity index is 2.15. The van der Waals surface area contributed by atoms with Crippen LogP contribution in [0.25, 0.3) is 5.69 Å². The molecule has 10 nitrogen and oxygen atoms in total. The lowest BCUT2D eigenvalue weighted by atomic mass is 9.73. The van der Waals surface area contributed by atoms with E-state index in [0.29, 0.717) is 44.5 Å². The summed E-state index contributed by atoms with van der Waals surface area (Å²) in [6.45, 7) is 13.1. The summed E-state index contributed by atoms with van der Waals surface area (Å²) in [5, 5.41) is 30.0. The van der Waals surface area contributed by atoms with Crippen molar-refractivity contribution in [3.05, 3.63) is 41.5 Å². The van der Waals surface area contributed by atoms with Gasteiger partial charge in [0.2, 0.25) is 0 Å². The first-order valence-electron chi connectivity index (χ1n) is 15.5. The topological polar surface area (TPSA) is 121 Å². The van der Waals surface area contributed by atoms with Crippen LogP contribution in [-0.2, 0) is 11.2 Å². The van der Waals surface area contributed by atoms with Gasteiger partial charge in [0, 0.05) is 32.7 Å². The Labute approximate surface area is 255 Å². The molecule has 1 aliphatic heterocycles. The Bertz CT molecular complexity index is 1210. The van der Waals surface area contributed by atoms with Gasteiger partial charge in [-0.15, -0.1) is 5.10 Å². The maximum Gasteiger partial charge on any atom is 0.407 e. The van der Waals surface area contributed by atoms with Gasteiger partial charge in [0.1, 0.15) is 11.5 Å². The van der Waals surface area contributed by atoms with Crippen molar-refractivity contribution < 1.29 is 28.9 Å². The van der Waals surface area contributed by atoms with Crippen LogP contribution in [0.1, 0.15) is 89.8 Å². The van der Waals surface area contributed by atoms with Crippen LogP contribution in [0.3, 0.4) is 0 Å². The van der Waals surface area contributed by atoms with Crippen molar-refractivity contribution in [2.75, 3.05) is 26.8 Å². The van der Waals surface area contributed by atoms with E-state index in [1.54, 1.807) is 30.2 Å². The Hall–Kier alpha value is -3.05. The van der Waals surface area contributed by atoms with Gasteiger partial charge in [-0.05, 0) is 55.6 Å². The number of aliphatic hydroxyl groups is 1. The molecule has 240 valence electrons. The van der Waals surface area contributed by atoms with Crippen LogP contribution in [0.4, 0.5) is 9.18 Å². The number of carbonyl (C=O) groups is 2. The van der Waals surface area contributed by atoms with Gasteiger partial charge in [-0.1, -0.05) is 65.3 Å². The number of piperidine rings is 1. The molecule has 1 aliphatic rings. The number of rotatable bonds is 13. The molecule has 11 heteroatoms. The van der Waals surface area contributed by atoms with Crippen molar-refractivity contribution in [2.24, 2.45) is 17.3 Å². The highest BCUT2D eigenvalue weighted by atomic mass is 19.1. The van der Waals surface area contributed by atoms with E-state index in [2.05, 4.69) is 10.3 Å². The molecular formula is C32H50FN5O5. The minimum Gasteiger partial charge on any atom is -0.465 e. The third-order valence-corrected chi connectivity index (χ3v) is 8.22. The number of benzene rings is 1. The third kappa shape index (κ3) is 8.32. The zero-order chi connectivity index (χ0) is 31.9. The van der Waals surface area contributed by atoms with E-state index in [1.165, 1.54) is 15.6 Å². The maximum atomic E-state index is 14.9. The number of hydrogen-bond donors (Lipinski definition) is 2. The Morgan fingerprint density at radius 2 is 1.91 bits per heavy atom. The second-order valence-electron chi connectivity index (χ2n) is 13.2. The van der Waals surface area contributed by atoms with Gasteiger partial charge in [-0.3, -0.25) is 4.79 Å². The lowest BCUT2D eigenvalue weighted by Gasteiger charge is -2.53. The van der Waals surface area contributed by atoms with E-state index in [0.717, 1.165) is 12.8 Å². The summed E-state index contributed by atoms with van der Waals surface area (Å²) in [6, 6.07) is 5.21. The van der Waals surface area contributed by atoms with Gasteiger partial charge in [-0.25, -0.2) is 13.9 Å². The quantitative estimate of drug-likeness (QED) is 0.293. The molecule has 1 saturated heterocycles. The number of carbonyl (C=O) groups excluding carboxylic acids is 1. The van der Waals surface area contributed by atoms with Gasteiger partial charge in [0.25, 0.3) is 5.91 Å². The molecule has 2 N–H and O–H groups in total. The molecule has 0 spiro atoms. The summed E-state index contributed by atoms with van der Waals surface area (Å²) in [6.07, 6.45) is 1.84. The molecule has 3 rings (SSSR count). The number of ether oxygens (including phenoxy) is 1. The van der Waals surface area contributed by atoms with Crippen molar-refractivity contribution in [1.29, 1.82) is 0 Å². The summed E-state index contributed by atoms with van der Waals surface area (Å²) >= 11 is 0. The number of para-hydroxylation sites is 1. The number of aliphatic hydroxyl groups excluding tert-OH is 1. The predicted octanol–water partition coefficient (Wildman–Crippen LogP) is 5.42. The third-order valence-electron chi connectivity index (χ3n) is 8.22. The van der Waals surface area contributed by atoms with Crippen LogP contribution in [0.15, 0.2) is 24.3 Å². The highest BCUT2D eigenvalue weighted by Crippen LogP contribution is 2.39. The molecule has 0 aliphatic carbocycles. The Morgan fingerprint density at radius 1 is 1.21 bits per heavy atom. The smallest absolute Gasteiger partial charge is 0.407 e. The number of halogens is 1. The molecule has 4 atom stereocenters. The van der Waals surface area contributed by atoms with Gasteiger partial charge in [-0.2, -0.15) is 0 Å². The molecule has 1 fully saturated rings. The van der Waals surface area contributed by atoms with E-state index < -0.39 is 35.5 Å². The number of carboxylic acid groups (broad SMARTS) is 1. The van der Waals surface area contributed by atoms with Crippen LogP contribution in [0.2, 0.25) is 0 Å². The fourth-order valence-electron chi connectivity index (χ4n) is 6.38. The SMILES string of the molecule is CCCC(O)[C@@H]1C[C@H](N(CC(C)C)C(=O)c2nnn(-c3ccccc3F)c2CCCCOC)C(C(C)(C)C)N(C(=O)O)C1. The van der Waals surface area contributed by atoms with Crippen molar-refractivity contribution in [1.82, 2.24) is 24.8 Å². The standard InChI is InChI=1S/C32H50FN5O5/c1-8-13-27(39)22-18-26(29(32(4,5)6)37(20-22)31(41)42)36(19-21(2)3)30(40)28-25(16-11-12-17-43-7)38(35-34-28)24-15-10-9-14-23(24)33/h9-10,14-15,21-22,26-27,29,39H,8,11-13,16-20H2,1-7H3,(H,41,42)/t22-,26+,27?,29?/m1/s1. The van der Waals surface area contributed by atoms with Crippen LogP contribution in [-0.4, -0.2) is 92.0 Å². The summed E-state index contributed by atoms with van der Waals surface area (Å²) in [4.78, 5) is 30.5. The zero-order valence-corrected chi connectivity index (χ0v) is 26.8. The number of unbranched alkanes of at least 4 members (excludes halogenated alkanes) is 1. The molecule has 43 heavy (non-hydrogen) atoms. The van der Waals surface area contributed by atoms with Crippen LogP contribution >= 0.6 is 0 Å². The van der Waals surface area contributed by atoms with E-state index >= 15 is 0 Å². The summed E-state index contributed by atoms with van der Waals surface area (Å²) in [5.74, 6) is -1.11. The highest BCUT2D eigenvalue weighted by molar-refractivity contribution is 5.94. The molecule has 2 heterocycles. The predicted molar refractivity (Wildman–Crippen MR) is 163 cm³/mol. The highest BCUT2D eigenvalue weighted by Gasteiger charge is 2.49. The maximum absolute atomic E-state index is 14.9. The van der Waals surface area contributed by atoms with Gasteiger partial charge < -0.3 is 24.7 Å². The number of hydrogen-bond acceptors (Lipinski definition) is 6. The molecule has 2 amide bonds. The van der Waals surface area contributed by atoms with Gasteiger partial charge in [0.15, 0.2) is 5.69 Å². The zero-order valence-electron chi connectivity index (χ0n) is 26.8. The van der Waals surface area contributed by atoms with Crippen LogP contribution < -0.4 is 0 Å².